The van der Waals surface area contributed by atoms with E-state index in [-0.39, 0.29) is 16.7 Å². The molecule has 7 heteroatoms. The van der Waals surface area contributed by atoms with Crippen molar-refractivity contribution in [3.63, 3.8) is 0 Å². The number of thiazole rings is 1. The van der Waals surface area contributed by atoms with Crippen LogP contribution in [0, 0.1) is 0 Å². The number of carbonyl (C=O) groups excluding carboxylic acids is 2. The van der Waals surface area contributed by atoms with E-state index in [9.17, 15) is 9.59 Å². The van der Waals surface area contributed by atoms with E-state index in [2.05, 4.69) is 11.9 Å². The molecule has 2 unspecified atom stereocenters. The molecule has 5 nitrogen and oxygen atoms in total. The van der Waals surface area contributed by atoms with Crippen LogP contribution in [0.3, 0.4) is 0 Å². The van der Waals surface area contributed by atoms with Crippen molar-refractivity contribution in [2.24, 2.45) is 12.0 Å². The van der Waals surface area contributed by atoms with Gasteiger partial charge in [-0.25, -0.2) is 0 Å². The van der Waals surface area contributed by atoms with Crippen molar-refractivity contribution in [3.05, 3.63) is 29.1 Å². The Labute approximate surface area is 142 Å². The maximum atomic E-state index is 12.7. The molecule has 2 aliphatic heterocycles. The first-order chi connectivity index (χ1) is 11.0. The molecular formula is C16H17N3O2S2. The molecule has 2 amide bonds. The van der Waals surface area contributed by atoms with Gasteiger partial charge in [0.25, 0.3) is 5.91 Å². The van der Waals surface area contributed by atoms with Crippen LogP contribution in [-0.2, 0) is 16.6 Å². The molecule has 1 aromatic heterocycles. The normalized spacial score (nSPS) is 27.9. The molecule has 3 heterocycles. The van der Waals surface area contributed by atoms with Gasteiger partial charge < -0.3 is 9.47 Å². The molecule has 4 rings (SSSR count). The van der Waals surface area contributed by atoms with E-state index in [0.717, 1.165) is 16.6 Å². The second-order valence-electron chi connectivity index (χ2n) is 6.13. The number of aryl methyl sites for hydroxylation is 1. The molecule has 0 radical (unpaired) electrons. The lowest BCUT2D eigenvalue weighted by Crippen LogP contribution is -2.46. The third-order valence-electron chi connectivity index (χ3n) is 4.65. The maximum absolute atomic E-state index is 12.7. The van der Waals surface area contributed by atoms with Gasteiger partial charge in [-0.3, -0.25) is 9.59 Å². The van der Waals surface area contributed by atoms with Gasteiger partial charge in [0.1, 0.15) is 6.04 Å². The van der Waals surface area contributed by atoms with E-state index < -0.39 is 6.04 Å². The van der Waals surface area contributed by atoms with Crippen molar-refractivity contribution in [2.75, 3.05) is 5.75 Å². The van der Waals surface area contributed by atoms with E-state index in [4.69, 9.17) is 0 Å². The second-order valence-corrected chi connectivity index (χ2v) is 8.64. The third-order valence-corrected chi connectivity index (χ3v) is 7.27. The minimum Gasteiger partial charge on any atom is -0.319 e. The summed E-state index contributed by atoms with van der Waals surface area (Å²) < 4.78 is 3.04. The monoisotopic (exact) mass is 347 g/mol. The zero-order chi connectivity index (χ0) is 16.2. The Balaban J connectivity index is 1.72. The van der Waals surface area contributed by atoms with Crippen LogP contribution in [0.2, 0.25) is 0 Å². The predicted octanol–water partition coefficient (Wildman–Crippen LogP) is 2.12. The van der Waals surface area contributed by atoms with Crippen LogP contribution in [0.15, 0.2) is 29.3 Å². The first-order valence-corrected chi connectivity index (χ1v) is 9.39. The fourth-order valence-electron chi connectivity index (χ4n) is 3.36. The van der Waals surface area contributed by atoms with Crippen molar-refractivity contribution in [2.45, 2.75) is 30.7 Å². The predicted molar refractivity (Wildman–Crippen MR) is 92.1 cm³/mol. The summed E-state index contributed by atoms with van der Waals surface area (Å²) >= 11 is 3.20. The Morgan fingerprint density at radius 2 is 2.17 bits per heavy atom. The summed E-state index contributed by atoms with van der Waals surface area (Å²) in [5.74, 6) is 0.504. The fourth-order valence-corrected chi connectivity index (χ4v) is 5.81. The van der Waals surface area contributed by atoms with E-state index in [1.807, 2.05) is 35.9 Å². The van der Waals surface area contributed by atoms with Gasteiger partial charge in [0, 0.05) is 19.2 Å². The fraction of sp³-hybridized carbons (Fsp3) is 0.438. The molecule has 0 spiro atoms. The van der Waals surface area contributed by atoms with Crippen LogP contribution in [0.25, 0.3) is 10.2 Å². The van der Waals surface area contributed by atoms with Gasteiger partial charge in [0.05, 0.1) is 15.1 Å². The van der Waals surface area contributed by atoms with Gasteiger partial charge in [-0.2, -0.15) is 4.99 Å². The van der Waals surface area contributed by atoms with Crippen LogP contribution in [-0.4, -0.2) is 37.9 Å². The van der Waals surface area contributed by atoms with Gasteiger partial charge in [0.2, 0.25) is 5.91 Å². The Hall–Kier alpha value is -1.60. The second kappa shape index (κ2) is 5.21. The smallest absolute Gasteiger partial charge is 0.272 e. The molecule has 2 saturated heterocycles. The zero-order valence-electron chi connectivity index (χ0n) is 13.0. The third kappa shape index (κ3) is 2.25. The van der Waals surface area contributed by atoms with Crippen molar-refractivity contribution in [3.8, 4) is 0 Å². The molecule has 0 N–H and O–H groups in total. The molecular weight excluding hydrogens is 330 g/mol. The number of fused-ring (bicyclic) bond motifs is 2. The summed E-state index contributed by atoms with van der Waals surface area (Å²) in [7, 11) is 1.92. The number of thioether (sulfide) groups is 1. The maximum Gasteiger partial charge on any atom is 0.272 e. The summed E-state index contributed by atoms with van der Waals surface area (Å²) in [5, 5.41) is 0. The SMILES string of the molecule is Cn1c(=NC(=O)C2CSC3(C)CCC(=O)N23)sc2ccccc21. The largest absolute Gasteiger partial charge is 0.319 e. The molecule has 2 atom stereocenters. The summed E-state index contributed by atoms with van der Waals surface area (Å²) in [5.41, 5.74) is 1.06. The number of carbonyl (C=O) groups is 2. The highest BCUT2D eigenvalue weighted by Gasteiger charge is 2.52. The van der Waals surface area contributed by atoms with Crippen LogP contribution >= 0.6 is 23.1 Å². The summed E-state index contributed by atoms with van der Waals surface area (Å²) in [6, 6.07) is 7.57. The summed E-state index contributed by atoms with van der Waals surface area (Å²) in [6.45, 7) is 2.05. The molecule has 0 aliphatic carbocycles. The number of amides is 2. The highest BCUT2D eigenvalue weighted by Crippen LogP contribution is 2.47. The molecule has 0 saturated carbocycles. The van der Waals surface area contributed by atoms with Gasteiger partial charge in [-0.15, -0.1) is 11.8 Å². The van der Waals surface area contributed by atoms with Gasteiger partial charge in [-0.1, -0.05) is 23.5 Å². The number of rotatable bonds is 1. The average molecular weight is 347 g/mol. The van der Waals surface area contributed by atoms with Crippen molar-refractivity contribution in [1.29, 1.82) is 0 Å². The van der Waals surface area contributed by atoms with Crippen molar-refractivity contribution < 1.29 is 9.59 Å². The highest BCUT2D eigenvalue weighted by atomic mass is 32.2. The molecule has 0 bridgehead atoms. The van der Waals surface area contributed by atoms with Crippen LogP contribution in [0.1, 0.15) is 19.8 Å². The minimum absolute atomic E-state index is 0.0757. The Kier molecular flexibility index (Phi) is 3.39. The van der Waals surface area contributed by atoms with Gasteiger partial charge in [0.15, 0.2) is 4.80 Å². The lowest BCUT2D eigenvalue weighted by Gasteiger charge is -2.28. The van der Waals surface area contributed by atoms with Crippen LogP contribution in [0.4, 0.5) is 0 Å². The molecule has 2 aromatic rings. The molecule has 120 valence electrons. The topological polar surface area (TPSA) is 54.7 Å². The van der Waals surface area contributed by atoms with E-state index in [1.165, 1.54) is 11.3 Å². The molecule has 2 aliphatic rings. The van der Waals surface area contributed by atoms with Crippen LogP contribution < -0.4 is 4.80 Å². The van der Waals surface area contributed by atoms with Crippen LogP contribution in [0.5, 0.6) is 0 Å². The number of hydrogen-bond acceptors (Lipinski definition) is 4. The number of benzene rings is 1. The first kappa shape index (κ1) is 15.0. The summed E-state index contributed by atoms with van der Waals surface area (Å²) in [4.78, 5) is 31.4. The lowest BCUT2D eigenvalue weighted by molar-refractivity contribution is -0.136. The lowest BCUT2D eigenvalue weighted by atomic mass is 10.2. The van der Waals surface area contributed by atoms with Crippen molar-refractivity contribution in [1.82, 2.24) is 9.47 Å². The van der Waals surface area contributed by atoms with Crippen molar-refractivity contribution >= 4 is 45.1 Å². The number of hydrogen-bond donors (Lipinski definition) is 0. The first-order valence-electron chi connectivity index (χ1n) is 7.59. The summed E-state index contributed by atoms with van der Waals surface area (Å²) in [6.07, 6.45) is 1.35. The minimum atomic E-state index is -0.426. The quantitative estimate of drug-likeness (QED) is 0.794. The van der Waals surface area contributed by atoms with Gasteiger partial charge in [-0.05, 0) is 25.5 Å². The Morgan fingerprint density at radius 1 is 1.39 bits per heavy atom. The number of para-hydroxylation sites is 1. The number of nitrogens with zero attached hydrogens (tertiary/aromatic N) is 3. The molecule has 23 heavy (non-hydrogen) atoms. The standard InChI is InChI=1S/C16H17N3O2S2/c1-16-8-7-13(20)19(16)11(9-22-16)14(21)17-15-18(2)10-5-3-4-6-12(10)23-15/h3-6,11H,7-9H2,1-2H3. The molecule has 1 aromatic carbocycles. The van der Waals surface area contributed by atoms with Gasteiger partial charge >= 0.3 is 0 Å². The van der Waals surface area contributed by atoms with E-state index in [0.29, 0.717) is 17.0 Å². The Bertz CT molecular complexity index is 885. The molecule has 2 fully saturated rings. The Morgan fingerprint density at radius 3 is 2.96 bits per heavy atom. The average Bonchev–Trinajstić information content (AvgIpc) is 3.13. The number of aromatic nitrogens is 1. The zero-order valence-corrected chi connectivity index (χ0v) is 14.6. The highest BCUT2D eigenvalue weighted by molar-refractivity contribution is 8.01. The van der Waals surface area contributed by atoms with E-state index in [1.54, 1.807) is 16.7 Å². The van der Waals surface area contributed by atoms with E-state index >= 15 is 0 Å².